The molecule has 0 saturated carbocycles. The summed E-state index contributed by atoms with van der Waals surface area (Å²) in [6, 6.07) is 19.1. The maximum Gasteiger partial charge on any atom is 0.494 e. The van der Waals surface area contributed by atoms with Crippen molar-refractivity contribution in [3.05, 3.63) is 60.4 Å². The molecule has 2 aliphatic heterocycles. The van der Waals surface area contributed by atoms with E-state index >= 15 is 0 Å². The van der Waals surface area contributed by atoms with Crippen LogP contribution in [-0.2, 0) is 18.8 Å². The number of hydrogen-bond donors (Lipinski definition) is 2. The molecule has 0 radical (unpaired) electrons. The molecule has 0 aliphatic carbocycles. The summed E-state index contributed by atoms with van der Waals surface area (Å²) in [6.45, 7) is 14.7. The maximum atomic E-state index is 12.8. The largest absolute Gasteiger partial charge is 0.494 e. The van der Waals surface area contributed by atoms with Crippen LogP contribution in [0.2, 0.25) is 0 Å². The molecule has 13 heteroatoms. The number of aliphatic carboxylic acids is 1. The van der Waals surface area contributed by atoms with E-state index in [2.05, 4.69) is 81.2 Å². The van der Waals surface area contributed by atoms with E-state index in [1.165, 1.54) is 0 Å². The average Bonchev–Trinajstić information content (AvgIpc) is 3.66. The van der Waals surface area contributed by atoms with Gasteiger partial charge in [0.25, 0.3) is 0 Å². The molecule has 1 amide bonds. The number of amides is 1. The lowest BCUT2D eigenvalue weighted by molar-refractivity contribution is -0.192. The zero-order chi connectivity index (χ0) is 34.5. The maximum absolute atomic E-state index is 12.8. The van der Waals surface area contributed by atoms with Crippen LogP contribution < -0.4 is 5.46 Å². The van der Waals surface area contributed by atoms with E-state index < -0.39 is 17.7 Å². The molecule has 3 aromatic carbocycles. The highest BCUT2D eigenvalue weighted by molar-refractivity contribution is 6.62. The van der Waals surface area contributed by atoms with Gasteiger partial charge in [-0.2, -0.15) is 13.2 Å². The lowest BCUT2D eigenvalue weighted by atomic mass is 9.78. The van der Waals surface area contributed by atoms with Gasteiger partial charge in [0.15, 0.2) is 0 Å². The van der Waals surface area contributed by atoms with Crippen LogP contribution in [-0.4, -0.2) is 68.7 Å². The Morgan fingerprint density at radius 3 is 2.15 bits per heavy atom. The number of carbonyl (C=O) groups is 2. The van der Waals surface area contributed by atoms with Gasteiger partial charge in [0.05, 0.1) is 28.3 Å². The molecule has 47 heavy (non-hydrogen) atoms. The second-order valence-electron chi connectivity index (χ2n) is 13.9. The number of aromatic amines is 1. The smallest absolute Gasteiger partial charge is 0.475 e. The molecule has 2 aliphatic rings. The van der Waals surface area contributed by atoms with Gasteiger partial charge in [0.2, 0.25) is 0 Å². The normalized spacial score (nSPS) is 19.1. The third kappa shape index (κ3) is 7.41. The van der Waals surface area contributed by atoms with Gasteiger partial charge in [-0.05, 0) is 107 Å². The fraction of sp³-hybridized carbons (Fsp3) is 0.441. The minimum absolute atomic E-state index is 0.107. The third-order valence-corrected chi connectivity index (χ3v) is 8.66. The first kappa shape index (κ1) is 34.2. The van der Waals surface area contributed by atoms with Gasteiger partial charge in [-0.25, -0.2) is 14.6 Å². The number of aromatic nitrogens is 2. The number of ether oxygens (including phenoxy) is 1. The average molecular weight is 654 g/mol. The molecule has 1 atom stereocenters. The van der Waals surface area contributed by atoms with Gasteiger partial charge in [0, 0.05) is 6.54 Å². The van der Waals surface area contributed by atoms with Crippen molar-refractivity contribution in [1.82, 2.24) is 14.9 Å². The Morgan fingerprint density at radius 2 is 1.53 bits per heavy atom. The number of hydrogen-bond acceptors (Lipinski definition) is 6. The molecule has 0 unspecified atom stereocenters. The third-order valence-electron chi connectivity index (χ3n) is 8.66. The molecule has 2 N–H and O–H groups in total. The molecule has 3 heterocycles. The predicted molar refractivity (Wildman–Crippen MR) is 173 cm³/mol. The number of carboxylic acid groups (broad SMARTS) is 1. The first-order chi connectivity index (χ1) is 21.7. The first-order valence-corrected chi connectivity index (χ1v) is 15.4. The second-order valence-corrected chi connectivity index (χ2v) is 13.9. The summed E-state index contributed by atoms with van der Waals surface area (Å²) < 4.78 is 49.9. The standard InChI is InChI=1S/C32H38BN3O4.C2HF3O2/c1-30(2,3)38-29(37)36-16-8-9-27(36)28-34-25-15-13-23(19-26(25)35-28)20-10-11-22-18-24(14-12-21(22)17-20)33-39-31(4,5)32(6,7)40-33;3-2(4,5)1(6)7/h10-15,17-19,27H,8-9,16H2,1-7H3,(H,34,35);(H,6,7)/t27-;/m0./s1. The summed E-state index contributed by atoms with van der Waals surface area (Å²) in [5.74, 6) is -1.95. The van der Waals surface area contributed by atoms with Gasteiger partial charge in [-0.3, -0.25) is 4.90 Å². The quantitative estimate of drug-likeness (QED) is 0.222. The molecule has 0 spiro atoms. The Morgan fingerprint density at radius 1 is 0.957 bits per heavy atom. The number of benzene rings is 3. The molecule has 6 rings (SSSR count). The van der Waals surface area contributed by atoms with Crippen LogP contribution in [0.25, 0.3) is 32.9 Å². The van der Waals surface area contributed by atoms with Crippen molar-refractivity contribution in [1.29, 1.82) is 0 Å². The number of likely N-dealkylation sites (tertiary alicyclic amines) is 1. The number of imidazole rings is 1. The highest BCUT2D eigenvalue weighted by atomic mass is 19.4. The van der Waals surface area contributed by atoms with Gasteiger partial charge < -0.3 is 24.1 Å². The van der Waals surface area contributed by atoms with Crippen molar-refractivity contribution >= 4 is 46.4 Å². The summed E-state index contributed by atoms with van der Waals surface area (Å²) in [5, 5.41) is 9.42. The molecule has 2 saturated heterocycles. The highest BCUT2D eigenvalue weighted by Crippen LogP contribution is 2.37. The summed E-state index contributed by atoms with van der Waals surface area (Å²) in [5.41, 5.74) is 3.85. The summed E-state index contributed by atoms with van der Waals surface area (Å²) in [6.07, 6.45) is -3.57. The second kappa shape index (κ2) is 12.2. The lowest BCUT2D eigenvalue weighted by Crippen LogP contribution is -2.41. The number of carboxylic acids is 1. The fourth-order valence-corrected chi connectivity index (χ4v) is 5.53. The van der Waals surface area contributed by atoms with E-state index in [9.17, 15) is 18.0 Å². The van der Waals surface area contributed by atoms with Crippen LogP contribution in [0.15, 0.2) is 54.6 Å². The van der Waals surface area contributed by atoms with Crippen molar-refractivity contribution in [3.63, 3.8) is 0 Å². The summed E-state index contributed by atoms with van der Waals surface area (Å²) in [7, 11) is -0.378. The Labute approximate surface area is 271 Å². The van der Waals surface area contributed by atoms with E-state index in [1.54, 1.807) is 4.90 Å². The number of fused-ring (bicyclic) bond motifs is 2. The molecule has 4 aromatic rings. The predicted octanol–water partition coefficient (Wildman–Crippen LogP) is 7.39. The Bertz CT molecular complexity index is 1800. The van der Waals surface area contributed by atoms with E-state index in [1.807, 2.05) is 26.8 Å². The lowest BCUT2D eigenvalue weighted by Gasteiger charge is -2.32. The molecular weight excluding hydrogens is 614 g/mol. The number of H-pyrrole nitrogens is 1. The van der Waals surface area contributed by atoms with Crippen LogP contribution in [0.4, 0.5) is 18.0 Å². The SMILES string of the molecule is CC(C)(C)OC(=O)N1CCC[C@H]1c1nc2ccc(-c3ccc4cc(B5OC(C)(C)C(C)(C)O5)ccc4c3)cc2[nH]1.O=C(O)C(F)(F)F. The van der Waals surface area contributed by atoms with Crippen molar-refractivity contribution in [2.24, 2.45) is 0 Å². The van der Waals surface area contributed by atoms with Gasteiger partial charge in [-0.1, -0.05) is 36.4 Å². The van der Waals surface area contributed by atoms with Crippen molar-refractivity contribution in [2.75, 3.05) is 6.54 Å². The number of alkyl halides is 3. The molecule has 0 bridgehead atoms. The van der Waals surface area contributed by atoms with Crippen LogP contribution in [0, 0.1) is 0 Å². The number of nitrogens with one attached hydrogen (secondary N) is 1. The monoisotopic (exact) mass is 653 g/mol. The van der Waals surface area contributed by atoms with Crippen LogP contribution in [0.1, 0.15) is 73.2 Å². The summed E-state index contributed by atoms with van der Waals surface area (Å²) >= 11 is 0. The van der Waals surface area contributed by atoms with E-state index in [-0.39, 0.29) is 30.5 Å². The fourth-order valence-electron chi connectivity index (χ4n) is 5.53. The zero-order valence-corrected chi connectivity index (χ0v) is 27.5. The van der Waals surface area contributed by atoms with Gasteiger partial charge in [0.1, 0.15) is 11.4 Å². The first-order valence-electron chi connectivity index (χ1n) is 15.4. The number of halogens is 3. The molecule has 9 nitrogen and oxygen atoms in total. The van der Waals surface area contributed by atoms with Crippen LogP contribution >= 0.6 is 0 Å². The van der Waals surface area contributed by atoms with Crippen molar-refractivity contribution in [2.45, 2.75) is 90.3 Å². The topological polar surface area (TPSA) is 114 Å². The van der Waals surface area contributed by atoms with Crippen molar-refractivity contribution < 1.29 is 41.9 Å². The Balaban J connectivity index is 0.000000559. The van der Waals surface area contributed by atoms with Crippen molar-refractivity contribution in [3.8, 4) is 11.1 Å². The van der Waals surface area contributed by atoms with Crippen LogP contribution in [0.3, 0.4) is 0 Å². The molecular formula is C34H39BF3N3O6. The molecule has 250 valence electrons. The molecule has 2 fully saturated rings. The Kier molecular flexibility index (Phi) is 8.87. The zero-order valence-electron chi connectivity index (χ0n) is 27.5. The van der Waals surface area contributed by atoms with Gasteiger partial charge >= 0.3 is 25.4 Å². The summed E-state index contributed by atoms with van der Waals surface area (Å²) in [4.78, 5) is 31.8. The molecule has 1 aromatic heterocycles. The van der Waals surface area contributed by atoms with Gasteiger partial charge in [-0.15, -0.1) is 0 Å². The van der Waals surface area contributed by atoms with E-state index in [0.29, 0.717) is 6.54 Å². The van der Waals surface area contributed by atoms with E-state index in [0.717, 1.165) is 57.1 Å². The minimum Gasteiger partial charge on any atom is -0.475 e. The van der Waals surface area contributed by atoms with Crippen LogP contribution in [0.5, 0.6) is 0 Å². The van der Waals surface area contributed by atoms with E-state index in [4.69, 9.17) is 28.9 Å². The number of rotatable bonds is 3. The Hall–Kier alpha value is -4.10. The number of nitrogens with zero attached hydrogens (tertiary/aromatic N) is 2. The highest BCUT2D eigenvalue weighted by Gasteiger charge is 2.51. The number of carbonyl (C=O) groups excluding carboxylic acids is 1. The minimum atomic E-state index is -5.08.